The normalized spacial score (nSPS) is 10.9. The summed E-state index contributed by atoms with van der Waals surface area (Å²) in [5.41, 5.74) is 1.94. The van der Waals surface area contributed by atoms with Crippen molar-refractivity contribution in [2.75, 3.05) is 24.3 Å². The van der Waals surface area contributed by atoms with Crippen LogP contribution >= 0.6 is 0 Å². The third kappa shape index (κ3) is 4.72. The van der Waals surface area contributed by atoms with Gasteiger partial charge in [0.05, 0.1) is 30.5 Å². The lowest BCUT2D eigenvalue weighted by molar-refractivity contribution is 0.102. The van der Waals surface area contributed by atoms with Gasteiger partial charge in [-0.25, -0.2) is 8.42 Å². The largest absolute Gasteiger partial charge is 0.497 e. The third-order valence-corrected chi connectivity index (χ3v) is 5.84. The summed E-state index contributed by atoms with van der Waals surface area (Å²) in [6.45, 7) is 1.73. The van der Waals surface area contributed by atoms with E-state index in [1.807, 2.05) is 6.07 Å². The number of nitrogens with one attached hydrogen (secondary N) is 2. The van der Waals surface area contributed by atoms with E-state index in [4.69, 9.17) is 9.47 Å². The van der Waals surface area contributed by atoms with Crippen LogP contribution in [-0.4, -0.2) is 28.5 Å². The molecule has 156 valence electrons. The fraction of sp³-hybridized carbons (Fsp3) is 0.136. The van der Waals surface area contributed by atoms with Gasteiger partial charge in [0, 0.05) is 5.56 Å². The molecule has 0 saturated heterocycles. The fourth-order valence-corrected chi connectivity index (χ4v) is 3.95. The van der Waals surface area contributed by atoms with Crippen LogP contribution in [0.4, 0.5) is 11.4 Å². The molecule has 0 saturated carbocycles. The Morgan fingerprint density at radius 3 is 2.20 bits per heavy atom. The van der Waals surface area contributed by atoms with Crippen molar-refractivity contribution in [1.29, 1.82) is 0 Å². The van der Waals surface area contributed by atoms with E-state index >= 15 is 0 Å². The number of rotatable bonds is 7. The second-order valence-corrected chi connectivity index (χ2v) is 8.15. The maximum absolute atomic E-state index is 12.6. The lowest BCUT2D eigenvalue weighted by Crippen LogP contribution is -2.15. The molecule has 30 heavy (non-hydrogen) atoms. The van der Waals surface area contributed by atoms with Crippen LogP contribution in [0.2, 0.25) is 0 Å². The van der Waals surface area contributed by atoms with Crippen LogP contribution in [-0.2, 0) is 10.0 Å². The van der Waals surface area contributed by atoms with Crippen LogP contribution in [0.1, 0.15) is 15.9 Å². The number of hydrogen-bond acceptors (Lipinski definition) is 5. The number of sulfonamides is 1. The molecular formula is C22H22N2O5S. The van der Waals surface area contributed by atoms with Gasteiger partial charge in [0.1, 0.15) is 11.5 Å². The van der Waals surface area contributed by atoms with Gasteiger partial charge in [-0.3, -0.25) is 9.52 Å². The predicted molar refractivity (Wildman–Crippen MR) is 116 cm³/mol. The minimum absolute atomic E-state index is 0.112. The van der Waals surface area contributed by atoms with E-state index in [1.165, 1.54) is 26.4 Å². The average molecular weight is 426 g/mol. The number of amides is 1. The summed E-state index contributed by atoms with van der Waals surface area (Å²) < 4.78 is 38.1. The van der Waals surface area contributed by atoms with Crippen molar-refractivity contribution in [3.63, 3.8) is 0 Å². The van der Waals surface area contributed by atoms with E-state index in [1.54, 1.807) is 55.5 Å². The molecule has 0 unspecified atom stereocenters. The predicted octanol–water partition coefficient (Wildman–Crippen LogP) is 4.07. The lowest BCUT2D eigenvalue weighted by atomic mass is 10.1. The van der Waals surface area contributed by atoms with Crippen LogP contribution in [0.3, 0.4) is 0 Å². The van der Waals surface area contributed by atoms with Gasteiger partial charge in [-0.2, -0.15) is 0 Å². The van der Waals surface area contributed by atoms with E-state index in [-0.39, 0.29) is 10.8 Å². The van der Waals surface area contributed by atoms with Gasteiger partial charge in [-0.1, -0.05) is 12.1 Å². The van der Waals surface area contributed by atoms with Gasteiger partial charge >= 0.3 is 0 Å². The monoisotopic (exact) mass is 426 g/mol. The Balaban J connectivity index is 1.78. The van der Waals surface area contributed by atoms with Crippen LogP contribution < -0.4 is 19.5 Å². The molecule has 0 aromatic heterocycles. The van der Waals surface area contributed by atoms with E-state index < -0.39 is 10.0 Å². The van der Waals surface area contributed by atoms with Gasteiger partial charge in [-0.05, 0) is 67.1 Å². The number of aryl methyl sites for hydroxylation is 1. The Labute approximate surface area is 175 Å². The van der Waals surface area contributed by atoms with Crippen molar-refractivity contribution in [3.05, 3.63) is 77.9 Å². The van der Waals surface area contributed by atoms with Crippen molar-refractivity contribution in [2.24, 2.45) is 0 Å². The molecule has 1 amide bonds. The Bertz CT molecular complexity index is 1160. The molecule has 3 aromatic rings. The number of para-hydroxylation sites is 2. The highest BCUT2D eigenvalue weighted by atomic mass is 32.2. The molecule has 0 heterocycles. The molecule has 0 aliphatic carbocycles. The van der Waals surface area contributed by atoms with Crippen molar-refractivity contribution in [2.45, 2.75) is 11.8 Å². The smallest absolute Gasteiger partial charge is 0.261 e. The summed E-state index contributed by atoms with van der Waals surface area (Å²) in [5.74, 6) is 0.786. The van der Waals surface area contributed by atoms with Crippen molar-refractivity contribution >= 4 is 27.3 Å². The number of carbonyl (C=O) groups excluding carboxylic acids is 1. The summed E-state index contributed by atoms with van der Waals surface area (Å²) in [6, 6.07) is 17.9. The number of benzene rings is 3. The molecule has 0 aliphatic rings. The molecule has 0 spiro atoms. The van der Waals surface area contributed by atoms with E-state index in [2.05, 4.69) is 10.0 Å². The zero-order chi connectivity index (χ0) is 21.7. The van der Waals surface area contributed by atoms with Crippen LogP contribution in [0, 0.1) is 6.92 Å². The first kappa shape index (κ1) is 21.2. The molecule has 0 atom stereocenters. The quantitative estimate of drug-likeness (QED) is 0.594. The Morgan fingerprint density at radius 1 is 0.867 bits per heavy atom. The molecular weight excluding hydrogens is 404 g/mol. The second-order valence-electron chi connectivity index (χ2n) is 6.47. The van der Waals surface area contributed by atoms with Gasteiger partial charge in [0.25, 0.3) is 15.9 Å². The molecule has 3 rings (SSSR count). The molecule has 7 nitrogen and oxygen atoms in total. The van der Waals surface area contributed by atoms with Crippen molar-refractivity contribution in [3.8, 4) is 11.5 Å². The third-order valence-electron chi connectivity index (χ3n) is 4.46. The topological polar surface area (TPSA) is 93.7 Å². The van der Waals surface area contributed by atoms with Gasteiger partial charge in [-0.15, -0.1) is 0 Å². The SMILES string of the molecule is COc1ccc(S(=O)(=O)Nc2ccc(C(=O)Nc3ccccc3OC)cc2C)cc1. The highest BCUT2D eigenvalue weighted by Gasteiger charge is 2.17. The fourth-order valence-electron chi connectivity index (χ4n) is 2.82. The van der Waals surface area contributed by atoms with Crippen LogP contribution in [0.5, 0.6) is 11.5 Å². The summed E-state index contributed by atoms with van der Waals surface area (Å²) in [6.07, 6.45) is 0. The number of hydrogen-bond donors (Lipinski definition) is 2. The number of methoxy groups -OCH3 is 2. The summed E-state index contributed by atoms with van der Waals surface area (Å²) >= 11 is 0. The Morgan fingerprint density at radius 2 is 1.57 bits per heavy atom. The first-order chi connectivity index (χ1) is 14.3. The zero-order valence-electron chi connectivity index (χ0n) is 16.8. The Kier molecular flexibility index (Phi) is 6.27. The molecule has 8 heteroatoms. The van der Waals surface area contributed by atoms with E-state index in [9.17, 15) is 13.2 Å². The zero-order valence-corrected chi connectivity index (χ0v) is 17.6. The molecule has 0 bridgehead atoms. The average Bonchev–Trinajstić information content (AvgIpc) is 2.75. The van der Waals surface area contributed by atoms with Crippen molar-refractivity contribution < 1.29 is 22.7 Å². The lowest BCUT2D eigenvalue weighted by Gasteiger charge is -2.13. The minimum Gasteiger partial charge on any atom is -0.497 e. The number of anilines is 2. The first-order valence-electron chi connectivity index (χ1n) is 9.06. The minimum atomic E-state index is -3.77. The highest BCUT2D eigenvalue weighted by molar-refractivity contribution is 7.92. The number of ether oxygens (including phenoxy) is 2. The van der Waals surface area contributed by atoms with E-state index in [0.29, 0.717) is 34.0 Å². The van der Waals surface area contributed by atoms with E-state index in [0.717, 1.165) is 0 Å². The van der Waals surface area contributed by atoms with Gasteiger partial charge < -0.3 is 14.8 Å². The first-order valence-corrected chi connectivity index (χ1v) is 10.5. The maximum atomic E-state index is 12.6. The summed E-state index contributed by atoms with van der Waals surface area (Å²) in [7, 11) is -0.737. The van der Waals surface area contributed by atoms with Crippen molar-refractivity contribution in [1.82, 2.24) is 0 Å². The molecule has 0 fully saturated rings. The van der Waals surface area contributed by atoms with Gasteiger partial charge in [0.2, 0.25) is 0 Å². The van der Waals surface area contributed by atoms with Gasteiger partial charge in [0.15, 0.2) is 0 Å². The summed E-state index contributed by atoms with van der Waals surface area (Å²) in [5, 5.41) is 2.79. The maximum Gasteiger partial charge on any atom is 0.261 e. The Hall–Kier alpha value is -3.52. The standard InChI is InChI=1S/C22H22N2O5S/c1-15-14-16(22(25)23-20-6-4-5-7-21(20)29-3)8-13-19(15)24-30(26,27)18-11-9-17(28-2)10-12-18/h4-14,24H,1-3H3,(H,23,25). The highest BCUT2D eigenvalue weighted by Crippen LogP contribution is 2.25. The number of carbonyl (C=O) groups is 1. The molecule has 2 N–H and O–H groups in total. The van der Waals surface area contributed by atoms with Crippen LogP contribution in [0.15, 0.2) is 71.6 Å². The second kappa shape index (κ2) is 8.87. The molecule has 0 aliphatic heterocycles. The molecule has 3 aromatic carbocycles. The summed E-state index contributed by atoms with van der Waals surface area (Å²) in [4.78, 5) is 12.7. The molecule has 0 radical (unpaired) electrons. The van der Waals surface area contributed by atoms with Crippen LogP contribution in [0.25, 0.3) is 0 Å².